The molecule has 0 radical (unpaired) electrons. The van der Waals surface area contributed by atoms with E-state index >= 15 is 0 Å². The molecule has 39 heavy (non-hydrogen) atoms. The third-order valence-corrected chi connectivity index (χ3v) is 6.71. The minimum absolute atomic E-state index is 0.0251. The van der Waals surface area contributed by atoms with Gasteiger partial charge in [-0.1, -0.05) is 24.3 Å². The van der Waals surface area contributed by atoms with E-state index in [1.54, 1.807) is 42.5 Å². The van der Waals surface area contributed by atoms with E-state index in [2.05, 4.69) is 5.32 Å². The van der Waals surface area contributed by atoms with Crippen LogP contribution in [-0.2, 0) is 29.4 Å². The third kappa shape index (κ3) is 7.32. The average Bonchev–Trinajstić information content (AvgIpc) is 3.41. The van der Waals surface area contributed by atoms with Crippen LogP contribution in [0.5, 0.6) is 11.5 Å². The summed E-state index contributed by atoms with van der Waals surface area (Å²) in [6, 6.07) is 18.9. The largest absolute Gasteiger partial charge is 0.497 e. The van der Waals surface area contributed by atoms with Gasteiger partial charge >= 0.3 is 22.3 Å². The van der Waals surface area contributed by atoms with Gasteiger partial charge in [0.05, 0.1) is 25.5 Å². The smallest absolute Gasteiger partial charge is 0.416 e. The summed E-state index contributed by atoms with van der Waals surface area (Å²) >= 11 is 0. The number of halogens is 3. The Morgan fingerprint density at radius 1 is 0.923 bits per heavy atom. The van der Waals surface area contributed by atoms with E-state index in [1.807, 2.05) is 0 Å². The normalized spacial score (nSPS) is 11.6. The van der Waals surface area contributed by atoms with Crippen molar-refractivity contribution in [2.24, 2.45) is 0 Å². The molecule has 0 bridgehead atoms. The second kappa shape index (κ2) is 11.5. The van der Waals surface area contributed by atoms with Gasteiger partial charge in [-0.05, 0) is 60.2 Å². The summed E-state index contributed by atoms with van der Waals surface area (Å²) in [5.74, 6) is 0.934. The van der Waals surface area contributed by atoms with Gasteiger partial charge in [0.2, 0.25) is 0 Å². The highest BCUT2D eigenvalue weighted by Crippen LogP contribution is 2.31. The molecule has 4 rings (SSSR count). The van der Waals surface area contributed by atoms with Crippen molar-refractivity contribution in [3.63, 3.8) is 0 Å². The Labute approximate surface area is 222 Å². The Hall–Kier alpha value is -4.45. The van der Waals surface area contributed by atoms with E-state index in [0.717, 1.165) is 18.2 Å². The topological polar surface area (TPSA) is 98.1 Å². The summed E-state index contributed by atoms with van der Waals surface area (Å²) in [7, 11) is -3.06. The first-order valence-corrected chi connectivity index (χ1v) is 12.9. The maximum atomic E-state index is 13.2. The number of anilines is 1. The van der Waals surface area contributed by atoms with Crippen LogP contribution in [0.25, 0.3) is 0 Å². The second-order valence-electron chi connectivity index (χ2n) is 8.31. The molecule has 0 atom stereocenters. The number of carbonyl (C=O) groups is 1. The van der Waals surface area contributed by atoms with Crippen molar-refractivity contribution < 1.29 is 39.7 Å². The minimum Gasteiger partial charge on any atom is -0.497 e. The molecule has 0 aliphatic carbocycles. The molecular formula is C27H23F3N2O6S. The molecule has 4 aromatic rings. The zero-order chi connectivity index (χ0) is 28.0. The molecule has 0 spiro atoms. The number of urea groups is 1. The number of rotatable bonds is 9. The number of nitrogens with zero attached hydrogens (tertiary/aromatic N) is 1. The predicted molar refractivity (Wildman–Crippen MR) is 136 cm³/mol. The van der Waals surface area contributed by atoms with Gasteiger partial charge < -0.3 is 23.6 Å². The molecule has 12 heteroatoms. The van der Waals surface area contributed by atoms with Crippen LogP contribution in [0.3, 0.4) is 0 Å². The molecule has 0 saturated heterocycles. The van der Waals surface area contributed by atoms with Crippen molar-refractivity contribution in [2.75, 3.05) is 12.4 Å². The highest BCUT2D eigenvalue weighted by Gasteiger charge is 2.32. The lowest BCUT2D eigenvalue weighted by Gasteiger charge is -2.23. The molecule has 1 N–H and O–H groups in total. The number of furan rings is 1. The van der Waals surface area contributed by atoms with E-state index in [1.165, 1.54) is 36.5 Å². The average molecular weight is 561 g/mol. The van der Waals surface area contributed by atoms with Crippen LogP contribution in [0.1, 0.15) is 16.9 Å². The molecule has 2 amide bonds. The Morgan fingerprint density at radius 2 is 1.67 bits per heavy atom. The maximum absolute atomic E-state index is 13.2. The standard InChI is InChI=1S/C27H23F3N2O6S/c1-36-22-9-4-8-21(16-22)31-26(33)32(18-24-11-5-13-37-24)17-19-6-2-10-23(14-19)38-39(34,35)25-12-3-7-20(15-25)27(28,29)30/h2-16H,17-18H2,1H3,(H,31,33). The molecular weight excluding hydrogens is 537 g/mol. The van der Waals surface area contributed by atoms with Gasteiger partial charge in [0.1, 0.15) is 22.2 Å². The van der Waals surface area contributed by atoms with Crippen molar-refractivity contribution in [3.8, 4) is 11.5 Å². The fraction of sp³-hybridized carbons (Fsp3) is 0.148. The van der Waals surface area contributed by atoms with E-state index in [-0.39, 0.29) is 18.8 Å². The first-order chi connectivity index (χ1) is 18.5. The van der Waals surface area contributed by atoms with Crippen molar-refractivity contribution in [3.05, 3.63) is 108 Å². The fourth-order valence-electron chi connectivity index (χ4n) is 3.61. The molecule has 0 fully saturated rings. The van der Waals surface area contributed by atoms with Crippen LogP contribution >= 0.6 is 0 Å². The monoisotopic (exact) mass is 560 g/mol. The van der Waals surface area contributed by atoms with Gasteiger partial charge in [-0.15, -0.1) is 0 Å². The van der Waals surface area contributed by atoms with Gasteiger partial charge in [-0.3, -0.25) is 0 Å². The van der Waals surface area contributed by atoms with E-state index in [4.69, 9.17) is 13.3 Å². The molecule has 204 valence electrons. The molecule has 8 nitrogen and oxygen atoms in total. The van der Waals surface area contributed by atoms with Crippen molar-refractivity contribution >= 4 is 21.8 Å². The number of carbonyl (C=O) groups excluding carboxylic acids is 1. The van der Waals surface area contributed by atoms with Crippen molar-refractivity contribution in [1.82, 2.24) is 4.90 Å². The highest BCUT2D eigenvalue weighted by atomic mass is 32.2. The molecule has 0 saturated carbocycles. The molecule has 0 unspecified atom stereocenters. The number of methoxy groups -OCH3 is 1. The van der Waals surface area contributed by atoms with Gasteiger partial charge in [0, 0.05) is 18.3 Å². The van der Waals surface area contributed by atoms with Gasteiger partial charge in [0.25, 0.3) is 0 Å². The Bertz CT molecular complexity index is 1540. The highest BCUT2D eigenvalue weighted by molar-refractivity contribution is 7.87. The predicted octanol–water partition coefficient (Wildman–Crippen LogP) is 6.31. The maximum Gasteiger partial charge on any atom is 0.416 e. The lowest BCUT2D eigenvalue weighted by atomic mass is 10.2. The molecule has 3 aromatic carbocycles. The van der Waals surface area contributed by atoms with Gasteiger partial charge in [-0.2, -0.15) is 21.6 Å². The summed E-state index contributed by atoms with van der Waals surface area (Å²) in [6.07, 6.45) is -3.24. The van der Waals surface area contributed by atoms with Crippen molar-refractivity contribution in [2.45, 2.75) is 24.2 Å². The van der Waals surface area contributed by atoms with Gasteiger partial charge in [-0.25, -0.2) is 4.79 Å². The van der Waals surface area contributed by atoms with Crippen LogP contribution in [0, 0.1) is 0 Å². The molecule has 0 aliphatic heterocycles. The number of hydrogen-bond acceptors (Lipinski definition) is 6. The third-order valence-electron chi connectivity index (χ3n) is 5.46. The Balaban J connectivity index is 1.54. The number of amides is 2. The lowest BCUT2D eigenvalue weighted by Crippen LogP contribution is -2.34. The second-order valence-corrected chi connectivity index (χ2v) is 9.85. The first-order valence-electron chi connectivity index (χ1n) is 11.5. The van der Waals surface area contributed by atoms with E-state index < -0.39 is 32.8 Å². The Kier molecular flexibility index (Phi) is 8.15. The minimum atomic E-state index is -4.71. The quantitative estimate of drug-likeness (QED) is 0.241. The summed E-state index contributed by atoms with van der Waals surface area (Å²) in [5, 5.41) is 2.79. The number of hydrogen-bond donors (Lipinski definition) is 1. The van der Waals surface area contributed by atoms with Gasteiger partial charge in [0.15, 0.2) is 0 Å². The van der Waals surface area contributed by atoms with Crippen LogP contribution in [0.15, 0.2) is 101 Å². The van der Waals surface area contributed by atoms with E-state index in [9.17, 15) is 26.4 Å². The van der Waals surface area contributed by atoms with Crippen LogP contribution in [0.2, 0.25) is 0 Å². The Morgan fingerprint density at radius 3 is 2.38 bits per heavy atom. The number of alkyl halides is 3. The fourth-order valence-corrected chi connectivity index (χ4v) is 4.58. The lowest BCUT2D eigenvalue weighted by molar-refractivity contribution is -0.137. The molecule has 1 aromatic heterocycles. The first kappa shape index (κ1) is 27.6. The van der Waals surface area contributed by atoms with E-state index in [0.29, 0.717) is 28.8 Å². The summed E-state index contributed by atoms with van der Waals surface area (Å²) in [6.45, 7) is 0.119. The number of nitrogens with one attached hydrogen (secondary N) is 1. The summed E-state index contributed by atoms with van der Waals surface area (Å²) in [5.41, 5.74) is -0.122. The zero-order valence-corrected chi connectivity index (χ0v) is 21.3. The molecule has 1 heterocycles. The van der Waals surface area contributed by atoms with Crippen LogP contribution in [-0.4, -0.2) is 26.5 Å². The van der Waals surface area contributed by atoms with Crippen LogP contribution in [0.4, 0.5) is 23.7 Å². The molecule has 0 aliphatic rings. The van der Waals surface area contributed by atoms with Crippen LogP contribution < -0.4 is 14.2 Å². The zero-order valence-electron chi connectivity index (χ0n) is 20.5. The van der Waals surface area contributed by atoms with Crippen molar-refractivity contribution in [1.29, 1.82) is 0 Å². The SMILES string of the molecule is COc1cccc(NC(=O)N(Cc2cccc(OS(=O)(=O)c3cccc(C(F)(F)F)c3)c2)Cc2ccco2)c1. The summed E-state index contributed by atoms with van der Waals surface area (Å²) < 4.78 is 80.2. The number of ether oxygens (including phenoxy) is 1. The summed E-state index contributed by atoms with van der Waals surface area (Å²) in [4.78, 5) is 14.0. The number of benzene rings is 3.